The highest BCUT2D eigenvalue weighted by Crippen LogP contribution is 2.21. The van der Waals surface area contributed by atoms with E-state index in [9.17, 15) is 20.2 Å². The standard InChI is InChI=1S/C14H22N2O6.C10H14N2O4.C2H4O/c17-6-10-21-8-4-15(5-9-22-11-7-18)13-2-1-3-14(12-13)16(19)20;13-6-4-11(5-7-14)9-2-1-3-10(8-9)12(15)16;1-2-3-1/h1-3,12,17-18H,4-11H2;1-3,8,13-14H,4-7H2;1-2H2. The Morgan fingerprint density at radius 2 is 1.05 bits per heavy atom. The molecule has 230 valence electrons. The highest BCUT2D eigenvalue weighted by Gasteiger charge is 2.12. The average molecular weight is 585 g/mol. The van der Waals surface area contributed by atoms with Crippen LogP contribution in [0.1, 0.15) is 0 Å². The molecular weight excluding hydrogens is 544 g/mol. The van der Waals surface area contributed by atoms with Crippen molar-refractivity contribution in [3.05, 3.63) is 68.8 Å². The van der Waals surface area contributed by atoms with Crippen LogP contribution in [0.15, 0.2) is 48.5 Å². The Balaban J connectivity index is 0.000000385. The number of benzene rings is 2. The molecule has 0 bridgehead atoms. The normalized spacial score (nSPS) is 11.4. The van der Waals surface area contributed by atoms with Crippen LogP contribution in [0.5, 0.6) is 0 Å². The lowest BCUT2D eigenvalue weighted by Gasteiger charge is -2.24. The fraction of sp³-hybridized carbons (Fsp3) is 0.538. The molecule has 1 fully saturated rings. The van der Waals surface area contributed by atoms with Crippen LogP contribution < -0.4 is 9.80 Å². The summed E-state index contributed by atoms with van der Waals surface area (Å²) in [5.74, 6) is 0. The van der Waals surface area contributed by atoms with Gasteiger partial charge in [0.25, 0.3) is 11.4 Å². The van der Waals surface area contributed by atoms with Gasteiger partial charge in [0.1, 0.15) is 0 Å². The summed E-state index contributed by atoms with van der Waals surface area (Å²) in [6.45, 7) is 4.77. The molecule has 1 heterocycles. The summed E-state index contributed by atoms with van der Waals surface area (Å²) in [5.41, 5.74) is 1.35. The Labute approximate surface area is 238 Å². The number of non-ortho nitro benzene ring substituents is 2. The summed E-state index contributed by atoms with van der Waals surface area (Å²) in [6, 6.07) is 12.5. The van der Waals surface area contributed by atoms with Gasteiger partial charge in [0.05, 0.1) is 75.9 Å². The summed E-state index contributed by atoms with van der Waals surface area (Å²) in [5, 5.41) is 56.5. The Morgan fingerprint density at radius 1 is 0.659 bits per heavy atom. The van der Waals surface area contributed by atoms with Crippen molar-refractivity contribution < 1.29 is 44.5 Å². The van der Waals surface area contributed by atoms with E-state index in [4.69, 9.17) is 29.9 Å². The average Bonchev–Trinajstić information content (AvgIpc) is 3.87. The minimum Gasteiger partial charge on any atom is -0.395 e. The van der Waals surface area contributed by atoms with E-state index in [1.165, 1.54) is 24.3 Å². The zero-order chi connectivity index (χ0) is 30.3. The molecule has 0 aliphatic carbocycles. The van der Waals surface area contributed by atoms with Gasteiger partial charge in [0.15, 0.2) is 0 Å². The van der Waals surface area contributed by atoms with Gasteiger partial charge in [0.2, 0.25) is 0 Å². The molecule has 15 nitrogen and oxygen atoms in total. The second kappa shape index (κ2) is 22.3. The van der Waals surface area contributed by atoms with Gasteiger partial charge < -0.3 is 44.4 Å². The van der Waals surface area contributed by atoms with Crippen LogP contribution >= 0.6 is 0 Å². The molecule has 0 unspecified atom stereocenters. The van der Waals surface area contributed by atoms with Gasteiger partial charge >= 0.3 is 0 Å². The molecule has 1 aliphatic heterocycles. The van der Waals surface area contributed by atoms with Crippen molar-refractivity contribution in [3.63, 3.8) is 0 Å². The maximum absolute atomic E-state index is 10.9. The molecule has 0 amide bonds. The fourth-order valence-electron chi connectivity index (χ4n) is 3.27. The van der Waals surface area contributed by atoms with Crippen molar-refractivity contribution in [2.75, 3.05) is 102 Å². The van der Waals surface area contributed by atoms with Crippen molar-refractivity contribution in [1.82, 2.24) is 0 Å². The van der Waals surface area contributed by atoms with Crippen LogP contribution in [0.25, 0.3) is 0 Å². The van der Waals surface area contributed by atoms with Crippen molar-refractivity contribution in [2.24, 2.45) is 0 Å². The maximum atomic E-state index is 10.9. The van der Waals surface area contributed by atoms with E-state index in [1.807, 2.05) is 4.90 Å². The van der Waals surface area contributed by atoms with Crippen molar-refractivity contribution >= 4 is 22.7 Å². The number of nitro groups is 2. The van der Waals surface area contributed by atoms with E-state index in [0.717, 1.165) is 13.2 Å². The number of hydrogen-bond donors (Lipinski definition) is 4. The molecule has 3 rings (SSSR count). The van der Waals surface area contributed by atoms with Gasteiger partial charge in [-0.2, -0.15) is 0 Å². The Morgan fingerprint density at radius 3 is 1.37 bits per heavy atom. The van der Waals surface area contributed by atoms with Crippen molar-refractivity contribution in [3.8, 4) is 0 Å². The van der Waals surface area contributed by atoms with E-state index in [2.05, 4.69) is 4.74 Å². The van der Waals surface area contributed by atoms with E-state index < -0.39 is 9.85 Å². The molecule has 1 saturated heterocycles. The van der Waals surface area contributed by atoms with Crippen LogP contribution in [0.3, 0.4) is 0 Å². The lowest BCUT2D eigenvalue weighted by atomic mass is 10.2. The van der Waals surface area contributed by atoms with Crippen LogP contribution in [0, 0.1) is 20.2 Å². The lowest BCUT2D eigenvalue weighted by molar-refractivity contribution is -0.385. The summed E-state index contributed by atoms with van der Waals surface area (Å²) in [7, 11) is 0. The van der Waals surface area contributed by atoms with Gasteiger partial charge in [-0.05, 0) is 12.1 Å². The number of anilines is 2. The largest absolute Gasteiger partial charge is 0.395 e. The van der Waals surface area contributed by atoms with Gasteiger partial charge in [-0.3, -0.25) is 20.2 Å². The van der Waals surface area contributed by atoms with E-state index >= 15 is 0 Å². The number of nitro benzene ring substituents is 2. The molecular formula is C26H40N4O11. The number of hydrogen-bond acceptors (Lipinski definition) is 13. The molecule has 2 aromatic rings. The third-order valence-corrected chi connectivity index (χ3v) is 5.24. The summed E-state index contributed by atoms with van der Waals surface area (Å²) < 4.78 is 15.0. The van der Waals surface area contributed by atoms with E-state index in [1.54, 1.807) is 29.2 Å². The summed E-state index contributed by atoms with van der Waals surface area (Å²) in [4.78, 5) is 24.1. The van der Waals surface area contributed by atoms with Gasteiger partial charge in [-0.1, -0.05) is 12.1 Å². The molecule has 0 radical (unpaired) electrons. The number of epoxide rings is 1. The zero-order valence-electron chi connectivity index (χ0n) is 23.0. The number of aliphatic hydroxyl groups excluding tert-OH is 4. The maximum Gasteiger partial charge on any atom is 0.271 e. The van der Waals surface area contributed by atoms with Crippen LogP contribution in [0.2, 0.25) is 0 Å². The third kappa shape index (κ3) is 16.4. The van der Waals surface area contributed by atoms with E-state index in [-0.39, 0.29) is 51.0 Å². The minimum atomic E-state index is -0.473. The smallest absolute Gasteiger partial charge is 0.271 e. The molecule has 0 spiro atoms. The third-order valence-electron chi connectivity index (χ3n) is 5.24. The molecule has 2 aromatic carbocycles. The number of ether oxygens (including phenoxy) is 3. The Bertz CT molecular complexity index is 977. The topological polar surface area (TPSA) is 205 Å². The minimum absolute atomic E-state index is 0.00150. The predicted octanol–water partition coefficient (Wildman–Crippen LogP) is 0.821. The summed E-state index contributed by atoms with van der Waals surface area (Å²) >= 11 is 0. The number of rotatable bonds is 18. The van der Waals surface area contributed by atoms with Crippen molar-refractivity contribution in [2.45, 2.75) is 0 Å². The first-order valence-electron chi connectivity index (χ1n) is 13.0. The molecule has 0 aromatic heterocycles. The highest BCUT2D eigenvalue weighted by atomic mass is 16.6. The van der Waals surface area contributed by atoms with E-state index in [0.29, 0.717) is 50.8 Å². The predicted molar refractivity (Wildman–Crippen MR) is 151 cm³/mol. The lowest BCUT2D eigenvalue weighted by Crippen LogP contribution is -2.31. The molecule has 0 saturated carbocycles. The fourth-order valence-corrected chi connectivity index (χ4v) is 3.27. The second-order valence-corrected chi connectivity index (χ2v) is 8.26. The zero-order valence-corrected chi connectivity index (χ0v) is 23.0. The van der Waals surface area contributed by atoms with Crippen molar-refractivity contribution in [1.29, 1.82) is 0 Å². The molecule has 41 heavy (non-hydrogen) atoms. The molecule has 0 atom stereocenters. The first-order valence-corrected chi connectivity index (χ1v) is 13.0. The quantitative estimate of drug-likeness (QED) is 0.0830. The van der Waals surface area contributed by atoms with Gasteiger partial charge in [-0.15, -0.1) is 0 Å². The Kier molecular flexibility index (Phi) is 19.3. The monoisotopic (exact) mass is 584 g/mol. The Hall–Kier alpha value is -3.44. The first kappa shape index (κ1) is 35.6. The van der Waals surface area contributed by atoms with Crippen LogP contribution in [-0.4, -0.2) is 123 Å². The number of aliphatic hydroxyl groups is 4. The van der Waals surface area contributed by atoms with Gasteiger partial charge in [-0.25, -0.2) is 0 Å². The first-order chi connectivity index (χ1) is 19.9. The molecule has 1 aliphatic rings. The van der Waals surface area contributed by atoms with Crippen LogP contribution in [0.4, 0.5) is 22.7 Å². The van der Waals surface area contributed by atoms with Gasteiger partial charge in [0, 0.05) is 61.8 Å². The SMILES string of the molecule is C1CO1.O=[N+]([O-])c1cccc(N(CCO)CCO)c1.O=[N+]([O-])c1cccc(N(CCOCCO)CCOCCO)c1. The number of nitrogens with zero attached hydrogens (tertiary/aromatic N) is 4. The summed E-state index contributed by atoms with van der Waals surface area (Å²) in [6.07, 6.45) is 0. The second-order valence-electron chi connectivity index (χ2n) is 8.26. The molecule has 15 heteroatoms. The molecule has 4 N–H and O–H groups in total. The highest BCUT2D eigenvalue weighted by molar-refractivity contribution is 5.54. The van der Waals surface area contributed by atoms with Crippen LogP contribution in [-0.2, 0) is 14.2 Å².